The number of amides is 1. The van der Waals surface area contributed by atoms with Crippen LogP contribution < -0.4 is 4.74 Å². The Bertz CT molecular complexity index is 1160. The fourth-order valence-corrected chi connectivity index (χ4v) is 4.51. The minimum Gasteiger partial charge on any atom is -0.487 e. The molecule has 0 aliphatic carbocycles. The van der Waals surface area contributed by atoms with Gasteiger partial charge in [-0.3, -0.25) is 9.59 Å². The van der Waals surface area contributed by atoms with Gasteiger partial charge in [0, 0.05) is 24.9 Å². The summed E-state index contributed by atoms with van der Waals surface area (Å²) in [5, 5.41) is 9.37. The summed E-state index contributed by atoms with van der Waals surface area (Å²) in [6, 6.07) is 23.7. The molecule has 5 heteroatoms. The van der Waals surface area contributed by atoms with E-state index in [0.29, 0.717) is 24.9 Å². The zero-order valence-electron chi connectivity index (χ0n) is 19.1. The first kappa shape index (κ1) is 22.6. The maximum absolute atomic E-state index is 13.2. The van der Waals surface area contributed by atoms with E-state index in [1.807, 2.05) is 55.5 Å². The Kier molecular flexibility index (Phi) is 6.50. The number of hydrogen-bond acceptors (Lipinski definition) is 3. The van der Waals surface area contributed by atoms with Gasteiger partial charge in [0.2, 0.25) is 0 Å². The first-order valence-electron chi connectivity index (χ1n) is 11.2. The van der Waals surface area contributed by atoms with Gasteiger partial charge in [0.05, 0.1) is 0 Å². The number of benzene rings is 3. The molecular formula is C28H29NO4. The number of carboxylic acids is 1. The highest BCUT2D eigenvalue weighted by atomic mass is 16.5. The largest absolute Gasteiger partial charge is 0.487 e. The average molecular weight is 444 g/mol. The monoisotopic (exact) mass is 443 g/mol. The Morgan fingerprint density at radius 3 is 2.48 bits per heavy atom. The van der Waals surface area contributed by atoms with Crippen LogP contribution in [0.3, 0.4) is 0 Å². The smallest absolute Gasteiger partial charge is 0.323 e. The summed E-state index contributed by atoms with van der Waals surface area (Å²) in [7, 11) is 0. The highest BCUT2D eigenvalue weighted by molar-refractivity contribution is 5.96. The molecule has 0 saturated carbocycles. The average Bonchev–Trinajstić information content (AvgIpc) is 3.11. The number of nitrogens with zero attached hydrogens (tertiary/aromatic N) is 1. The van der Waals surface area contributed by atoms with Crippen molar-refractivity contribution in [3.05, 3.63) is 101 Å². The van der Waals surface area contributed by atoms with Crippen molar-refractivity contribution in [2.75, 3.05) is 13.1 Å². The standard InChI is InChI=1S/C28H29NO4/c1-20-7-6-10-21(15-20)13-14-29(19-26(30)31)27(32)23-11-12-25-24(16-23)18-28(2,33-25)17-22-8-4-3-5-9-22/h3-12,15-16H,13-14,17-19H2,1-2H3,(H,30,31)/t28-/m0/s1. The molecule has 3 aromatic carbocycles. The Labute approximate surface area is 194 Å². The molecule has 0 aromatic heterocycles. The number of aryl methyl sites for hydroxylation is 1. The van der Waals surface area contributed by atoms with Crippen LogP contribution in [0, 0.1) is 6.92 Å². The van der Waals surface area contributed by atoms with Crippen molar-refractivity contribution in [1.29, 1.82) is 0 Å². The van der Waals surface area contributed by atoms with Crippen molar-refractivity contribution in [3.8, 4) is 5.75 Å². The second-order valence-corrected chi connectivity index (χ2v) is 9.07. The molecular weight excluding hydrogens is 414 g/mol. The summed E-state index contributed by atoms with van der Waals surface area (Å²) >= 11 is 0. The zero-order valence-corrected chi connectivity index (χ0v) is 19.1. The van der Waals surface area contributed by atoms with Crippen LogP contribution in [0.1, 0.15) is 39.5 Å². The van der Waals surface area contributed by atoms with Crippen LogP contribution in [0.2, 0.25) is 0 Å². The van der Waals surface area contributed by atoms with Gasteiger partial charge in [-0.15, -0.1) is 0 Å². The Balaban J connectivity index is 1.48. The molecule has 4 rings (SSSR count). The maximum atomic E-state index is 13.2. The molecule has 33 heavy (non-hydrogen) atoms. The van der Waals surface area contributed by atoms with E-state index >= 15 is 0 Å². The number of fused-ring (bicyclic) bond motifs is 1. The first-order valence-corrected chi connectivity index (χ1v) is 11.2. The van der Waals surface area contributed by atoms with Crippen molar-refractivity contribution in [2.45, 2.75) is 38.7 Å². The van der Waals surface area contributed by atoms with Crippen LogP contribution >= 0.6 is 0 Å². The van der Waals surface area contributed by atoms with E-state index in [0.717, 1.165) is 28.9 Å². The maximum Gasteiger partial charge on any atom is 0.323 e. The topological polar surface area (TPSA) is 66.8 Å². The molecule has 1 aliphatic heterocycles. The normalized spacial score (nSPS) is 16.7. The number of aliphatic carboxylic acids is 1. The summed E-state index contributed by atoms with van der Waals surface area (Å²) in [5.41, 5.74) is 4.52. The van der Waals surface area contributed by atoms with E-state index in [1.54, 1.807) is 6.07 Å². The highest BCUT2D eigenvalue weighted by Crippen LogP contribution is 2.37. The molecule has 1 atom stereocenters. The van der Waals surface area contributed by atoms with Gasteiger partial charge in [0.1, 0.15) is 17.9 Å². The molecule has 3 aromatic rings. The van der Waals surface area contributed by atoms with Crippen LogP contribution in [-0.4, -0.2) is 40.6 Å². The fraction of sp³-hybridized carbons (Fsp3) is 0.286. The van der Waals surface area contributed by atoms with Crippen LogP contribution in [0.4, 0.5) is 0 Å². The predicted octanol–water partition coefficient (Wildman–Crippen LogP) is 4.70. The van der Waals surface area contributed by atoms with E-state index in [4.69, 9.17) is 4.74 Å². The van der Waals surface area contributed by atoms with Gasteiger partial charge < -0.3 is 14.7 Å². The van der Waals surface area contributed by atoms with Gasteiger partial charge >= 0.3 is 5.97 Å². The number of carbonyl (C=O) groups excluding carboxylic acids is 1. The molecule has 0 saturated heterocycles. The first-order chi connectivity index (χ1) is 15.8. The summed E-state index contributed by atoms with van der Waals surface area (Å²) < 4.78 is 6.26. The third-order valence-electron chi connectivity index (χ3n) is 6.02. The van der Waals surface area contributed by atoms with Gasteiger partial charge in [0.25, 0.3) is 5.91 Å². The molecule has 0 spiro atoms. The summed E-state index contributed by atoms with van der Waals surface area (Å²) in [4.78, 5) is 26.1. The number of ether oxygens (including phenoxy) is 1. The lowest BCUT2D eigenvalue weighted by Crippen LogP contribution is -2.37. The van der Waals surface area contributed by atoms with Crippen LogP contribution in [0.5, 0.6) is 5.75 Å². The zero-order chi connectivity index (χ0) is 23.4. The van der Waals surface area contributed by atoms with E-state index in [2.05, 4.69) is 25.1 Å². The van der Waals surface area contributed by atoms with Crippen LogP contribution in [0.25, 0.3) is 0 Å². The lowest BCUT2D eigenvalue weighted by Gasteiger charge is -2.24. The third kappa shape index (κ3) is 5.61. The van der Waals surface area contributed by atoms with Crippen molar-refractivity contribution in [2.24, 2.45) is 0 Å². The van der Waals surface area contributed by atoms with Crippen molar-refractivity contribution in [1.82, 2.24) is 4.90 Å². The molecule has 170 valence electrons. The van der Waals surface area contributed by atoms with Crippen LogP contribution in [-0.2, 0) is 24.1 Å². The van der Waals surface area contributed by atoms with Gasteiger partial charge in [-0.2, -0.15) is 0 Å². The molecule has 1 amide bonds. The number of carbonyl (C=O) groups is 2. The Morgan fingerprint density at radius 1 is 1.00 bits per heavy atom. The van der Waals surface area contributed by atoms with E-state index < -0.39 is 5.97 Å². The Hall–Kier alpha value is -3.60. The molecule has 1 N–H and O–H groups in total. The second-order valence-electron chi connectivity index (χ2n) is 9.07. The molecule has 0 bridgehead atoms. The van der Waals surface area contributed by atoms with Crippen molar-refractivity contribution in [3.63, 3.8) is 0 Å². The lowest BCUT2D eigenvalue weighted by atomic mass is 9.91. The number of carboxylic acid groups (broad SMARTS) is 1. The molecule has 0 fully saturated rings. The van der Waals surface area contributed by atoms with Gasteiger partial charge in [0.15, 0.2) is 0 Å². The number of hydrogen-bond donors (Lipinski definition) is 1. The van der Waals surface area contributed by atoms with E-state index in [1.165, 1.54) is 10.5 Å². The number of rotatable bonds is 8. The van der Waals surface area contributed by atoms with Gasteiger partial charge in [-0.1, -0.05) is 60.2 Å². The summed E-state index contributed by atoms with van der Waals surface area (Å²) in [6.45, 7) is 4.11. The van der Waals surface area contributed by atoms with E-state index in [-0.39, 0.29) is 18.1 Å². The quantitative estimate of drug-likeness (QED) is 0.548. The van der Waals surface area contributed by atoms with Crippen LogP contribution in [0.15, 0.2) is 72.8 Å². The molecule has 5 nitrogen and oxygen atoms in total. The minimum atomic E-state index is -1.02. The molecule has 1 aliphatic rings. The fourth-order valence-electron chi connectivity index (χ4n) is 4.51. The van der Waals surface area contributed by atoms with Gasteiger partial charge in [-0.05, 0) is 55.2 Å². The SMILES string of the molecule is Cc1cccc(CCN(CC(=O)O)C(=O)c2ccc3c(c2)C[C@](C)(Cc2ccccc2)O3)c1. The van der Waals surface area contributed by atoms with E-state index in [9.17, 15) is 14.7 Å². The summed E-state index contributed by atoms with van der Waals surface area (Å²) in [5.74, 6) is -0.508. The van der Waals surface area contributed by atoms with Crippen molar-refractivity contribution < 1.29 is 19.4 Å². The summed E-state index contributed by atoms with van der Waals surface area (Å²) in [6.07, 6.45) is 2.07. The molecule has 0 unspecified atom stereocenters. The molecule has 1 heterocycles. The minimum absolute atomic E-state index is 0.274. The molecule has 0 radical (unpaired) electrons. The Morgan fingerprint density at radius 2 is 1.76 bits per heavy atom. The second kappa shape index (κ2) is 9.49. The lowest BCUT2D eigenvalue weighted by molar-refractivity contribution is -0.137. The van der Waals surface area contributed by atoms with Gasteiger partial charge in [-0.25, -0.2) is 0 Å². The van der Waals surface area contributed by atoms with Crippen molar-refractivity contribution >= 4 is 11.9 Å². The third-order valence-corrected chi connectivity index (χ3v) is 6.02. The highest BCUT2D eigenvalue weighted by Gasteiger charge is 2.35. The predicted molar refractivity (Wildman–Crippen MR) is 128 cm³/mol.